The van der Waals surface area contributed by atoms with Crippen molar-refractivity contribution in [3.63, 3.8) is 0 Å². The van der Waals surface area contributed by atoms with Crippen molar-refractivity contribution < 1.29 is 14.3 Å². The van der Waals surface area contributed by atoms with Gasteiger partial charge in [-0.05, 0) is 37.1 Å². The summed E-state index contributed by atoms with van der Waals surface area (Å²) in [7, 11) is 1.67. The van der Waals surface area contributed by atoms with Crippen LogP contribution in [0.3, 0.4) is 0 Å². The smallest absolute Gasteiger partial charge is 0.326 e. The molecule has 3 fully saturated rings. The van der Waals surface area contributed by atoms with Crippen molar-refractivity contribution in [1.82, 2.24) is 15.1 Å². The molecular formula is C22H32N4O3. The summed E-state index contributed by atoms with van der Waals surface area (Å²) in [5.41, 5.74) is 0.525. The Hall–Kier alpha value is -2.28. The first-order valence-corrected chi connectivity index (χ1v) is 10.9. The number of nitrogens with zero attached hydrogens (tertiary/aromatic N) is 3. The molecule has 1 N–H and O–H groups in total. The lowest BCUT2D eigenvalue weighted by Gasteiger charge is -2.37. The van der Waals surface area contributed by atoms with Crippen LogP contribution in [0.5, 0.6) is 5.75 Å². The number of urea groups is 1. The second-order valence-corrected chi connectivity index (χ2v) is 8.46. The summed E-state index contributed by atoms with van der Waals surface area (Å²) < 4.78 is 5.23. The predicted octanol–water partition coefficient (Wildman–Crippen LogP) is 2.81. The standard InChI is InChI=1S/C22H32N4O3/c1-29-19-9-7-18(8-10-19)25-15-13-24(14-16-25)17-26-20(27)22(23-21(26)28)11-5-3-2-4-6-12-22/h7-10H,2-6,11-17H2,1H3,(H,23,28). The molecule has 0 bridgehead atoms. The van der Waals surface area contributed by atoms with E-state index in [-0.39, 0.29) is 11.9 Å². The van der Waals surface area contributed by atoms with Gasteiger partial charge in [-0.3, -0.25) is 9.69 Å². The zero-order valence-corrected chi connectivity index (χ0v) is 17.4. The van der Waals surface area contributed by atoms with Gasteiger partial charge in [0.05, 0.1) is 13.8 Å². The molecule has 1 spiro atoms. The number of carbonyl (C=O) groups is 2. The summed E-state index contributed by atoms with van der Waals surface area (Å²) in [4.78, 5) is 31.8. The third kappa shape index (κ3) is 4.20. The minimum atomic E-state index is -0.650. The topological polar surface area (TPSA) is 65.1 Å². The van der Waals surface area contributed by atoms with E-state index in [1.807, 2.05) is 12.1 Å². The summed E-state index contributed by atoms with van der Waals surface area (Å²) in [5.74, 6) is 0.844. The maximum Gasteiger partial charge on any atom is 0.326 e. The fourth-order valence-electron chi connectivity index (χ4n) is 4.79. The van der Waals surface area contributed by atoms with Crippen LogP contribution in [0, 0.1) is 0 Å². The molecule has 1 saturated carbocycles. The fraction of sp³-hybridized carbons (Fsp3) is 0.636. The Bertz CT molecular complexity index is 720. The maximum absolute atomic E-state index is 13.2. The first-order valence-electron chi connectivity index (χ1n) is 10.9. The number of methoxy groups -OCH3 is 1. The Balaban J connectivity index is 1.34. The van der Waals surface area contributed by atoms with Gasteiger partial charge in [0.1, 0.15) is 11.3 Å². The van der Waals surface area contributed by atoms with Crippen LogP contribution >= 0.6 is 0 Å². The summed E-state index contributed by atoms with van der Waals surface area (Å²) >= 11 is 0. The number of amides is 3. The van der Waals surface area contributed by atoms with Crippen molar-refractivity contribution in [2.24, 2.45) is 0 Å². The van der Waals surface area contributed by atoms with E-state index in [4.69, 9.17) is 4.74 Å². The summed E-state index contributed by atoms with van der Waals surface area (Å²) in [6, 6.07) is 7.88. The van der Waals surface area contributed by atoms with Crippen molar-refractivity contribution in [3.05, 3.63) is 24.3 Å². The van der Waals surface area contributed by atoms with Crippen LogP contribution in [0.4, 0.5) is 10.5 Å². The van der Waals surface area contributed by atoms with Crippen LogP contribution < -0.4 is 15.0 Å². The third-order valence-corrected chi connectivity index (χ3v) is 6.60. The third-order valence-electron chi connectivity index (χ3n) is 6.60. The molecule has 0 unspecified atom stereocenters. The first-order chi connectivity index (χ1) is 14.1. The molecule has 2 heterocycles. The van der Waals surface area contributed by atoms with E-state index in [2.05, 4.69) is 27.2 Å². The fourth-order valence-corrected chi connectivity index (χ4v) is 4.79. The minimum absolute atomic E-state index is 0.0121. The Morgan fingerprint density at radius 3 is 2.17 bits per heavy atom. The molecule has 2 saturated heterocycles. The lowest BCUT2D eigenvalue weighted by Crippen LogP contribution is -2.52. The average Bonchev–Trinajstić information content (AvgIpc) is 2.96. The highest BCUT2D eigenvalue weighted by atomic mass is 16.5. The second kappa shape index (κ2) is 8.61. The molecule has 0 aromatic heterocycles. The van der Waals surface area contributed by atoms with Gasteiger partial charge in [0.15, 0.2) is 0 Å². The highest BCUT2D eigenvalue weighted by Crippen LogP contribution is 2.32. The van der Waals surface area contributed by atoms with E-state index in [1.54, 1.807) is 7.11 Å². The Morgan fingerprint density at radius 2 is 1.55 bits per heavy atom. The van der Waals surface area contributed by atoms with Crippen molar-refractivity contribution in [3.8, 4) is 5.75 Å². The molecule has 2 aliphatic heterocycles. The van der Waals surface area contributed by atoms with Gasteiger partial charge in [-0.15, -0.1) is 0 Å². The first kappa shape index (κ1) is 20.0. The largest absolute Gasteiger partial charge is 0.497 e. The highest BCUT2D eigenvalue weighted by molar-refractivity contribution is 6.07. The van der Waals surface area contributed by atoms with Crippen LogP contribution in [0.1, 0.15) is 44.9 Å². The Morgan fingerprint density at radius 1 is 0.931 bits per heavy atom. The summed E-state index contributed by atoms with van der Waals surface area (Å²) in [6.07, 6.45) is 7.12. The summed E-state index contributed by atoms with van der Waals surface area (Å²) in [5, 5.41) is 3.06. The zero-order valence-electron chi connectivity index (χ0n) is 17.4. The molecule has 0 atom stereocenters. The predicted molar refractivity (Wildman–Crippen MR) is 112 cm³/mol. The van der Waals surface area contributed by atoms with E-state index in [9.17, 15) is 9.59 Å². The average molecular weight is 401 g/mol. The quantitative estimate of drug-likeness (QED) is 0.788. The molecule has 4 rings (SSSR count). The number of piperazine rings is 1. The number of rotatable bonds is 4. The number of benzene rings is 1. The van der Waals surface area contributed by atoms with E-state index >= 15 is 0 Å². The molecule has 0 radical (unpaired) electrons. The van der Waals surface area contributed by atoms with Crippen molar-refractivity contribution >= 4 is 17.6 Å². The number of ether oxygens (including phenoxy) is 1. The van der Waals surface area contributed by atoms with Gasteiger partial charge >= 0.3 is 6.03 Å². The van der Waals surface area contributed by atoms with Crippen LogP contribution in [-0.4, -0.2) is 67.2 Å². The normalized spacial score (nSPS) is 23.1. The summed E-state index contributed by atoms with van der Waals surface area (Å²) in [6.45, 7) is 3.80. The minimum Gasteiger partial charge on any atom is -0.497 e. The van der Waals surface area contributed by atoms with E-state index in [0.717, 1.165) is 70.5 Å². The van der Waals surface area contributed by atoms with Gasteiger partial charge < -0.3 is 15.0 Å². The lowest BCUT2D eigenvalue weighted by molar-refractivity contribution is -0.133. The Labute approximate surface area is 173 Å². The van der Waals surface area contributed by atoms with E-state index in [0.29, 0.717) is 6.67 Å². The SMILES string of the molecule is COc1ccc(N2CCN(CN3C(=O)NC4(CCCCCCC4)C3=O)CC2)cc1. The van der Waals surface area contributed by atoms with Crippen LogP contribution in [-0.2, 0) is 4.79 Å². The van der Waals surface area contributed by atoms with Crippen LogP contribution in [0.25, 0.3) is 0 Å². The molecule has 158 valence electrons. The van der Waals surface area contributed by atoms with Gasteiger partial charge in [0.25, 0.3) is 5.91 Å². The number of imide groups is 1. The highest BCUT2D eigenvalue weighted by Gasteiger charge is 2.50. The lowest BCUT2D eigenvalue weighted by atomic mass is 9.84. The molecule has 1 aromatic rings. The number of carbonyl (C=O) groups excluding carboxylic acids is 2. The number of anilines is 1. The van der Waals surface area contributed by atoms with Crippen molar-refractivity contribution in [1.29, 1.82) is 0 Å². The van der Waals surface area contributed by atoms with Crippen LogP contribution in [0.15, 0.2) is 24.3 Å². The molecule has 7 nitrogen and oxygen atoms in total. The molecule has 3 aliphatic rings. The second-order valence-electron chi connectivity index (χ2n) is 8.46. The zero-order chi connectivity index (χ0) is 20.3. The van der Waals surface area contributed by atoms with Crippen molar-refractivity contribution in [2.75, 3.05) is 44.9 Å². The number of hydrogen-bond donors (Lipinski definition) is 1. The van der Waals surface area contributed by atoms with E-state index < -0.39 is 5.54 Å². The molecule has 3 amide bonds. The molecular weight excluding hydrogens is 368 g/mol. The van der Waals surface area contributed by atoms with Gasteiger partial charge in [-0.25, -0.2) is 9.69 Å². The molecule has 29 heavy (non-hydrogen) atoms. The van der Waals surface area contributed by atoms with Gasteiger partial charge in [-0.2, -0.15) is 0 Å². The van der Waals surface area contributed by atoms with Crippen molar-refractivity contribution in [2.45, 2.75) is 50.5 Å². The maximum atomic E-state index is 13.2. The number of nitrogens with one attached hydrogen (secondary N) is 1. The van der Waals surface area contributed by atoms with Gasteiger partial charge in [-0.1, -0.05) is 32.1 Å². The van der Waals surface area contributed by atoms with Gasteiger partial charge in [0, 0.05) is 31.9 Å². The monoisotopic (exact) mass is 400 g/mol. The molecule has 1 aromatic carbocycles. The van der Waals surface area contributed by atoms with E-state index in [1.165, 1.54) is 17.0 Å². The molecule has 7 heteroatoms. The molecule has 1 aliphatic carbocycles. The van der Waals surface area contributed by atoms with Crippen LogP contribution in [0.2, 0.25) is 0 Å². The Kier molecular flexibility index (Phi) is 5.94. The van der Waals surface area contributed by atoms with Gasteiger partial charge in [0.2, 0.25) is 0 Å². The number of hydrogen-bond acceptors (Lipinski definition) is 5.